The van der Waals surface area contributed by atoms with Gasteiger partial charge in [-0.25, -0.2) is 4.68 Å². The molecule has 0 fully saturated rings. The summed E-state index contributed by atoms with van der Waals surface area (Å²) in [5.74, 6) is 3.62. The Morgan fingerprint density at radius 2 is 1.61 bits per heavy atom. The Balaban J connectivity index is 1.69. The molecular weight excluding hydrogens is 460 g/mol. The van der Waals surface area contributed by atoms with E-state index in [1.807, 2.05) is 30.3 Å². The zero-order chi connectivity index (χ0) is 25.6. The first kappa shape index (κ1) is 23.7. The van der Waals surface area contributed by atoms with Gasteiger partial charge in [0.15, 0.2) is 23.1 Å². The number of ketones is 1. The summed E-state index contributed by atoms with van der Waals surface area (Å²) < 4.78 is 23.6. The number of allylic oxidation sites excluding steroid dienone is 2. The number of nitrogens with zero attached hydrogens (tertiary/aromatic N) is 3. The Kier molecular flexibility index (Phi) is 5.86. The molecule has 2 aromatic carbocycles. The van der Waals surface area contributed by atoms with Gasteiger partial charge in [0.25, 0.3) is 0 Å². The molecule has 9 heteroatoms. The first-order valence-electron chi connectivity index (χ1n) is 11.7. The number of fused-ring (bicyclic) bond motifs is 1. The molecule has 1 atom stereocenters. The number of anilines is 1. The number of nitrogens with one attached hydrogen (secondary N) is 1. The van der Waals surface area contributed by atoms with Crippen LogP contribution in [-0.4, -0.2) is 49.0 Å². The van der Waals surface area contributed by atoms with E-state index in [0.717, 1.165) is 23.2 Å². The van der Waals surface area contributed by atoms with E-state index in [1.165, 1.54) is 0 Å². The highest BCUT2D eigenvalue weighted by Gasteiger charge is 2.42. The maximum Gasteiger partial charge on any atom is 0.226 e. The lowest BCUT2D eigenvalue weighted by atomic mass is 9.73. The molecule has 3 aromatic rings. The van der Waals surface area contributed by atoms with E-state index < -0.39 is 6.04 Å². The number of aromatic nitrogens is 3. The van der Waals surface area contributed by atoms with Gasteiger partial charge in [0.1, 0.15) is 17.5 Å². The smallest absolute Gasteiger partial charge is 0.226 e. The van der Waals surface area contributed by atoms with Crippen molar-refractivity contribution in [2.24, 2.45) is 5.41 Å². The molecule has 0 unspecified atom stereocenters. The van der Waals surface area contributed by atoms with Crippen molar-refractivity contribution in [3.8, 4) is 34.4 Å². The molecule has 1 aliphatic carbocycles. The molecule has 0 saturated carbocycles. The van der Waals surface area contributed by atoms with E-state index in [9.17, 15) is 4.79 Å². The largest absolute Gasteiger partial charge is 0.497 e. The van der Waals surface area contributed by atoms with Crippen molar-refractivity contribution in [1.29, 1.82) is 0 Å². The van der Waals surface area contributed by atoms with Crippen LogP contribution in [0.5, 0.6) is 23.0 Å². The van der Waals surface area contributed by atoms with Gasteiger partial charge < -0.3 is 24.3 Å². The van der Waals surface area contributed by atoms with Gasteiger partial charge in [-0.15, -0.1) is 5.10 Å². The lowest BCUT2D eigenvalue weighted by Crippen LogP contribution is -2.36. The van der Waals surface area contributed by atoms with Crippen LogP contribution >= 0.6 is 0 Å². The number of carbonyl (C=O) groups excluding carboxylic acids is 1. The fourth-order valence-electron chi connectivity index (χ4n) is 5.00. The number of Topliss-reactive ketones (excluding diaryl/α,β-unsaturated/α-hetero) is 1. The summed E-state index contributed by atoms with van der Waals surface area (Å²) in [4.78, 5) is 18.3. The number of benzene rings is 2. The average molecular weight is 491 g/mol. The van der Waals surface area contributed by atoms with Gasteiger partial charge in [-0.1, -0.05) is 19.9 Å². The van der Waals surface area contributed by atoms with Crippen LogP contribution in [0.3, 0.4) is 0 Å². The van der Waals surface area contributed by atoms with Crippen LogP contribution in [0.4, 0.5) is 5.95 Å². The molecule has 1 N–H and O–H groups in total. The van der Waals surface area contributed by atoms with Crippen molar-refractivity contribution >= 4 is 11.7 Å². The quantitative estimate of drug-likeness (QED) is 0.534. The lowest BCUT2D eigenvalue weighted by Gasteiger charge is -2.38. The summed E-state index contributed by atoms with van der Waals surface area (Å²) in [7, 11) is 6.40. The third-order valence-electron chi connectivity index (χ3n) is 6.66. The van der Waals surface area contributed by atoms with E-state index in [-0.39, 0.29) is 11.2 Å². The Morgan fingerprint density at radius 3 is 2.25 bits per heavy atom. The van der Waals surface area contributed by atoms with Crippen molar-refractivity contribution < 1.29 is 23.7 Å². The minimum Gasteiger partial charge on any atom is -0.497 e. The molecule has 2 aliphatic rings. The van der Waals surface area contributed by atoms with Crippen LogP contribution < -0.4 is 24.3 Å². The molecule has 5 rings (SSSR count). The van der Waals surface area contributed by atoms with E-state index in [1.54, 1.807) is 39.2 Å². The predicted octanol–water partition coefficient (Wildman–Crippen LogP) is 4.64. The predicted molar refractivity (Wildman–Crippen MR) is 135 cm³/mol. The third-order valence-corrected chi connectivity index (χ3v) is 6.66. The second-order valence-corrected chi connectivity index (χ2v) is 9.78. The maximum atomic E-state index is 13.5. The number of methoxy groups -OCH3 is 4. The Bertz CT molecular complexity index is 1350. The number of rotatable bonds is 6. The van der Waals surface area contributed by atoms with Crippen LogP contribution in [0, 0.1) is 5.41 Å². The van der Waals surface area contributed by atoms with E-state index in [0.29, 0.717) is 46.8 Å². The summed E-state index contributed by atoms with van der Waals surface area (Å²) in [5, 5.41) is 8.28. The monoisotopic (exact) mass is 490 g/mol. The Hall–Kier alpha value is -4.01. The topological polar surface area (TPSA) is 96.7 Å². The molecule has 0 spiro atoms. The summed E-state index contributed by atoms with van der Waals surface area (Å²) in [5.41, 5.74) is 3.02. The number of hydrogen-bond donors (Lipinski definition) is 1. The minimum atomic E-state index is -0.464. The van der Waals surface area contributed by atoms with Crippen LogP contribution in [0.2, 0.25) is 0 Å². The molecule has 36 heavy (non-hydrogen) atoms. The SMILES string of the molecule is COc1cc(OC)cc(-c2nc3n(n2)[C@@H](c2ccc(OC)c(OC)c2)C2=C(CC(C)(C)CC2=O)N3)c1. The molecule has 0 radical (unpaired) electrons. The van der Waals surface area contributed by atoms with E-state index in [4.69, 9.17) is 29.0 Å². The van der Waals surface area contributed by atoms with Crippen molar-refractivity contribution in [2.75, 3.05) is 33.8 Å². The molecule has 9 nitrogen and oxygen atoms in total. The summed E-state index contributed by atoms with van der Waals surface area (Å²) in [6.07, 6.45) is 1.19. The molecule has 1 aliphatic heterocycles. The molecule has 0 amide bonds. The minimum absolute atomic E-state index is 0.0966. The standard InChI is InChI=1S/C27H30N4O5/c1-27(2)13-19-23(20(32)14-27)24(15-7-8-21(35-5)22(11-15)36-6)31-26(28-19)29-25(30-31)16-9-17(33-3)12-18(10-16)34-4/h7-12,24H,13-14H2,1-6H3,(H,28,29,30)/t24-/m0/s1. The van der Waals surface area contributed by atoms with Gasteiger partial charge in [-0.05, 0) is 41.7 Å². The molecule has 1 aromatic heterocycles. The summed E-state index contributed by atoms with van der Waals surface area (Å²) in [6.45, 7) is 4.21. The zero-order valence-corrected chi connectivity index (χ0v) is 21.3. The number of hydrogen-bond acceptors (Lipinski definition) is 8. The molecule has 0 bridgehead atoms. The van der Waals surface area contributed by atoms with Crippen LogP contribution in [0.15, 0.2) is 47.7 Å². The highest BCUT2D eigenvalue weighted by atomic mass is 16.5. The molecular formula is C27H30N4O5. The Morgan fingerprint density at radius 1 is 0.917 bits per heavy atom. The fourth-order valence-corrected chi connectivity index (χ4v) is 5.00. The van der Waals surface area contributed by atoms with Gasteiger partial charge in [0.2, 0.25) is 5.95 Å². The number of ether oxygens (including phenoxy) is 4. The normalized spacial score (nSPS) is 18.2. The van der Waals surface area contributed by atoms with Crippen LogP contribution in [0.25, 0.3) is 11.4 Å². The first-order chi connectivity index (χ1) is 17.3. The average Bonchev–Trinajstić information content (AvgIpc) is 3.29. The van der Waals surface area contributed by atoms with Gasteiger partial charge >= 0.3 is 0 Å². The maximum absolute atomic E-state index is 13.5. The van der Waals surface area contributed by atoms with Gasteiger partial charge in [0.05, 0.1) is 28.4 Å². The van der Waals surface area contributed by atoms with Crippen molar-refractivity contribution in [2.45, 2.75) is 32.7 Å². The number of carbonyl (C=O) groups is 1. The van der Waals surface area contributed by atoms with Gasteiger partial charge in [-0.2, -0.15) is 4.98 Å². The van der Waals surface area contributed by atoms with Gasteiger partial charge in [-0.3, -0.25) is 4.79 Å². The summed E-state index contributed by atoms with van der Waals surface area (Å²) in [6, 6.07) is 10.7. The van der Waals surface area contributed by atoms with E-state index >= 15 is 0 Å². The molecule has 0 saturated heterocycles. The van der Waals surface area contributed by atoms with Gasteiger partial charge in [0, 0.05) is 29.3 Å². The first-order valence-corrected chi connectivity index (χ1v) is 11.7. The van der Waals surface area contributed by atoms with Crippen molar-refractivity contribution in [3.05, 3.63) is 53.2 Å². The second-order valence-electron chi connectivity index (χ2n) is 9.78. The highest BCUT2D eigenvalue weighted by molar-refractivity contribution is 6.00. The van der Waals surface area contributed by atoms with Crippen molar-refractivity contribution in [1.82, 2.24) is 14.8 Å². The van der Waals surface area contributed by atoms with E-state index in [2.05, 4.69) is 19.2 Å². The van der Waals surface area contributed by atoms with Crippen molar-refractivity contribution in [3.63, 3.8) is 0 Å². The second kappa shape index (κ2) is 8.89. The third kappa shape index (κ3) is 4.04. The van der Waals surface area contributed by atoms with Crippen LogP contribution in [0.1, 0.15) is 38.3 Å². The molecule has 2 heterocycles. The Labute approximate surface area is 210 Å². The van der Waals surface area contributed by atoms with Crippen LogP contribution in [-0.2, 0) is 4.79 Å². The lowest BCUT2D eigenvalue weighted by molar-refractivity contribution is -0.118. The highest BCUT2D eigenvalue weighted by Crippen LogP contribution is 2.46. The zero-order valence-electron chi connectivity index (χ0n) is 21.3. The fraction of sp³-hybridized carbons (Fsp3) is 0.370. The summed E-state index contributed by atoms with van der Waals surface area (Å²) >= 11 is 0. The molecule has 188 valence electrons.